The van der Waals surface area contributed by atoms with Crippen molar-refractivity contribution in [1.29, 1.82) is 0 Å². The molecule has 0 radical (unpaired) electrons. The molecule has 0 fully saturated rings. The molecule has 0 aromatic heterocycles. The fourth-order valence-electron chi connectivity index (χ4n) is 4.67. The van der Waals surface area contributed by atoms with Crippen LogP contribution < -0.4 is 24.8 Å². The van der Waals surface area contributed by atoms with Crippen LogP contribution in [0.5, 0.6) is 0 Å². The molecule has 0 bridgehead atoms. The number of rotatable bonds is 3. The van der Waals surface area contributed by atoms with Crippen LogP contribution in [0.3, 0.4) is 0 Å². The minimum Gasteiger partial charge on any atom is -1.00 e. The predicted molar refractivity (Wildman–Crippen MR) is 98.9 cm³/mol. The number of hydrogen-bond acceptors (Lipinski definition) is 0. The largest absolute Gasteiger partial charge is 1.00 e. The third-order valence-corrected chi connectivity index (χ3v) is 26.2. The summed E-state index contributed by atoms with van der Waals surface area (Å²) in [6, 6.07) is 8.97. The second-order valence-electron chi connectivity index (χ2n) is 7.89. The Bertz CT molecular complexity index is 705. The van der Waals surface area contributed by atoms with Crippen LogP contribution in [0.4, 0.5) is 0 Å². The number of benzene rings is 1. The van der Waals surface area contributed by atoms with E-state index in [-0.39, 0.29) is 31.5 Å². The van der Waals surface area contributed by atoms with Crippen molar-refractivity contribution >= 4 is 12.7 Å². The Balaban J connectivity index is 0.00000144. The monoisotopic (exact) mass is 456 g/mol. The summed E-state index contributed by atoms with van der Waals surface area (Å²) in [5.41, 5.74) is 9.64. The van der Waals surface area contributed by atoms with Gasteiger partial charge in [-0.25, -0.2) is 0 Å². The van der Waals surface area contributed by atoms with Gasteiger partial charge in [0.25, 0.3) is 0 Å². The number of halogens is 2. The molecule has 0 atom stereocenters. The molecule has 2 aliphatic carbocycles. The van der Waals surface area contributed by atoms with E-state index in [0.29, 0.717) is 0 Å². The summed E-state index contributed by atoms with van der Waals surface area (Å²) in [6.45, 7) is 9.40. The van der Waals surface area contributed by atoms with Crippen molar-refractivity contribution in [3.05, 3.63) is 62.9 Å². The fraction of sp³-hybridized carbons (Fsp3) is 0.400. The van der Waals surface area contributed by atoms with Crippen LogP contribution in [-0.4, -0.2) is 6.65 Å². The topological polar surface area (TPSA) is 0 Å². The first kappa shape index (κ1) is 22.2. The zero-order valence-electron chi connectivity index (χ0n) is 15.6. The summed E-state index contributed by atoms with van der Waals surface area (Å²) in [5, 5.41) is 1.82. The van der Waals surface area contributed by atoms with Gasteiger partial charge in [-0.3, -0.25) is 0 Å². The van der Waals surface area contributed by atoms with E-state index in [0.717, 1.165) is 3.63 Å². The molecule has 0 spiro atoms. The van der Waals surface area contributed by atoms with Crippen molar-refractivity contribution in [3.8, 4) is 0 Å². The Labute approximate surface area is 165 Å². The van der Waals surface area contributed by atoms with Crippen molar-refractivity contribution in [1.82, 2.24) is 0 Å². The van der Waals surface area contributed by atoms with Gasteiger partial charge in [-0.2, -0.15) is 0 Å². The molecular formula is C20H28Cl2SiZr-2. The molecule has 1 aromatic carbocycles. The van der Waals surface area contributed by atoms with Crippen LogP contribution in [0.15, 0.2) is 51.8 Å². The zero-order chi connectivity index (χ0) is 16.1. The summed E-state index contributed by atoms with van der Waals surface area (Å²) in [6.07, 6.45) is 3.78. The number of allylic oxidation sites excluding steroid dienone is 5. The van der Waals surface area contributed by atoms with Gasteiger partial charge in [0.2, 0.25) is 0 Å². The maximum atomic E-state index is 2.72. The Morgan fingerprint density at radius 3 is 2.00 bits per heavy atom. The zero-order valence-corrected chi connectivity index (χ0v) is 21.0. The van der Waals surface area contributed by atoms with E-state index >= 15 is 0 Å². The smallest absolute Gasteiger partial charge is 1.00 e. The molecule has 0 heterocycles. The molecule has 3 rings (SSSR count). The first-order chi connectivity index (χ1) is 10.3. The maximum Gasteiger partial charge on any atom is -1.00 e. The van der Waals surface area contributed by atoms with Crippen molar-refractivity contribution in [2.75, 3.05) is 0 Å². The summed E-state index contributed by atoms with van der Waals surface area (Å²) in [7, 11) is 0. The van der Waals surface area contributed by atoms with E-state index < -0.39 is 19.4 Å². The second-order valence-corrected chi connectivity index (χ2v) is 33.7. The maximum absolute atomic E-state index is 2.72. The van der Waals surface area contributed by atoms with Gasteiger partial charge in [-0.05, 0) is 0 Å². The minimum atomic E-state index is -2.07. The van der Waals surface area contributed by atoms with Gasteiger partial charge in [0.15, 0.2) is 0 Å². The average molecular weight is 459 g/mol. The normalized spacial score (nSPS) is 18.0. The van der Waals surface area contributed by atoms with Crippen molar-refractivity contribution in [2.24, 2.45) is 0 Å². The summed E-state index contributed by atoms with van der Waals surface area (Å²) in [4.78, 5) is 0. The van der Waals surface area contributed by atoms with Crippen LogP contribution in [0.1, 0.15) is 38.8 Å². The Morgan fingerprint density at radius 2 is 1.46 bits per heavy atom. The SMILES string of the molecule is CC1=C(C)[CH]([Zr]([CH3])([CH3])[SiH2]C2=Cc3ccccc3C2)C(C)=C1C.[Cl-].[Cl-]. The molecule has 132 valence electrons. The standard InChI is InChI=1S/C9H9Si.C9H13.2CH3.2ClH.Zr/c10-9-5-7-3-1-2-4-8(7)6-9;1-6-5-7(2)9(4)8(6)3;;;;;/h1-5H,6,10H2;5H,1-4H3;2*1H3;2*1H;/p-2. The molecule has 2 aliphatic rings. The minimum absolute atomic E-state index is 0. The van der Waals surface area contributed by atoms with Crippen molar-refractivity contribution in [2.45, 2.75) is 47.0 Å². The summed E-state index contributed by atoms with van der Waals surface area (Å²) in [5.74, 6) is 0. The van der Waals surface area contributed by atoms with Gasteiger partial charge < -0.3 is 24.8 Å². The molecule has 0 saturated carbocycles. The van der Waals surface area contributed by atoms with Crippen molar-refractivity contribution < 1.29 is 44.2 Å². The first-order valence-electron chi connectivity index (χ1n) is 8.43. The van der Waals surface area contributed by atoms with Gasteiger partial charge in [-0.1, -0.05) is 0 Å². The van der Waals surface area contributed by atoms with E-state index in [1.165, 1.54) is 12.0 Å². The van der Waals surface area contributed by atoms with Crippen LogP contribution in [0, 0.1) is 0 Å². The summed E-state index contributed by atoms with van der Waals surface area (Å²) >= 11 is -2.07. The van der Waals surface area contributed by atoms with E-state index in [4.69, 9.17) is 0 Å². The van der Waals surface area contributed by atoms with Gasteiger partial charge in [0.05, 0.1) is 0 Å². The van der Waals surface area contributed by atoms with Crippen LogP contribution in [0.2, 0.25) is 12.9 Å². The van der Waals surface area contributed by atoms with Gasteiger partial charge >= 0.3 is 142 Å². The van der Waals surface area contributed by atoms with Crippen LogP contribution in [-0.2, 0) is 25.8 Å². The second kappa shape index (κ2) is 8.21. The molecule has 24 heavy (non-hydrogen) atoms. The molecule has 0 aliphatic heterocycles. The quantitative estimate of drug-likeness (QED) is 0.531. The Kier molecular flexibility index (Phi) is 7.58. The Hall–Kier alpha value is 0.120. The molecular weight excluding hydrogens is 430 g/mol. The average Bonchev–Trinajstić information content (AvgIpc) is 2.93. The van der Waals surface area contributed by atoms with Crippen LogP contribution >= 0.6 is 0 Å². The molecule has 0 N–H and O–H groups in total. The predicted octanol–water partition coefficient (Wildman–Crippen LogP) is -0.600. The number of fused-ring (bicyclic) bond motifs is 1. The van der Waals surface area contributed by atoms with E-state index in [1.807, 2.05) is 5.20 Å². The fourth-order valence-corrected chi connectivity index (χ4v) is 29.0. The molecule has 0 unspecified atom stereocenters. The van der Waals surface area contributed by atoms with Crippen LogP contribution in [0.25, 0.3) is 6.08 Å². The first-order valence-corrected chi connectivity index (χ1v) is 21.4. The third kappa shape index (κ3) is 3.93. The Morgan fingerprint density at radius 1 is 0.917 bits per heavy atom. The van der Waals surface area contributed by atoms with E-state index in [2.05, 4.69) is 67.3 Å². The van der Waals surface area contributed by atoms with Gasteiger partial charge in [-0.15, -0.1) is 0 Å². The molecule has 0 nitrogen and oxygen atoms in total. The van der Waals surface area contributed by atoms with E-state index in [9.17, 15) is 0 Å². The third-order valence-electron chi connectivity index (χ3n) is 5.91. The van der Waals surface area contributed by atoms with Gasteiger partial charge in [0.1, 0.15) is 0 Å². The van der Waals surface area contributed by atoms with E-state index in [1.54, 1.807) is 27.9 Å². The van der Waals surface area contributed by atoms with Gasteiger partial charge in [0, 0.05) is 0 Å². The molecule has 0 amide bonds. The molecule has 0 saturated heterocycles. The number of hydrogen-bond donors (Lipinski definition) is 0. The molecule has 4 heteroatoms. The summed E-state index contributed by atoms with van der Waals surface area (Å²) < 4.78 is 6.30. The van der Waals surface area contributed by atoms with Crippen molar-refractivity contribution in [3.63, 3.8) is 0 Å². The molecule has 1 aromatic rings.